The minimum absolute atomic E-state index is 0. The summed E-state index contributed by atoms with van der Waals surface area (Å²) in [4.78, 5) is 9.64. The van der Waals surface area contributed by atoms with Crippen molar-refractivity contribution in [3.8, 4) is 0 Å². The van der Waals surface area contributed by atoms with Crippen LogP contribution in [-0.2, 0) is 24.0 Å². The molecular formula is C4H10O2PZn+. The Balaban J connectivity index is -0.000000125. The summed E-state index contributed by atoms with van der Waals surface area (Å²) in [5.41, 5.74) is 0. The van der Waals surface area contributed by atoms with Crippen LogP contribution in [0, 0.1) is 7.43 Å². The predicted molar refractivity (Wildman–Crippen MR) is 29.2 cm³/mol. The largest absolute Gasteiger partial charge is 2.00 e. The molecule has 0 aromatic carbocycles. The zero-order valence-corrected chi connectivity index (χ0v) is 9.25. The van der Waals surface area contributed by atoms with E-state index in [-0.39, 0.29) is 26.9 Å². The van der Waals surface area contributed by atoms with Crippen molar-refractivity contribution < 1.29 is 28.9 Å². The fourth-order valence-electron chi connectivity index (χ4n) is 0.183. The Bertz CT molecular complexity index is 58.0. The molecule has 2 nitrogen and oxygen atoms in total. The van der Waals surface area contributed by atoms with Gasteiger partial charge in [-0.05, 0) is 6.42 Å². The first kappa shape index (κ1) is 15.9. The van der Waals surface area contributed by atoms with E-state index >= 15 is 0 Å². The van der Waals surface area contributed by atoms with Gasteiger partial charge in [-0.3, -0.25) is 0 Å². The van der Waals surface area contributed by atoms with Gasteiger partial charge in [-0.2, -0.15) is 0 Å². The zero-order chi connectivity index (χ0) is 4.99. The van der Waals surface area contributed by atoms with Crippen molar-refractivity contribution in [2.75, 3.05) is 6.16 Å². The first-order valence-electron chi connectivity index (χ1n) is 1.89. The Morgan fingerprint density at radius 2 is 2.00 bits per heavy atom. The molecule has 0 aliphatic rings. The van der Waals surface area contributed by atoms with Crippen molar-refractivity contribution in [3.63, 3.8) is 0 Å². The second kappa shape index (κ2) is 10.6. The molecule has 0 saturated carbocycles. The van der Waals surface area contributed by atoms with E-state index in [4.69, 9.17) is 0 Å². The van der Waals surface area contributed by atoms with Crippen molar-refractivity contribution in [1.82, 2.24) is 0 Å². The van der Waals surface area contributed by atoms with Crippen LogP contribution in [0.5, 0.6) is 0 Å². The van der Waals surface area contributed by atoms with Gasteiger partial charge in [0, 0.05) is 0 Å². The van der Waals surface area contributed by atoms with Crippen LogP contribution in [0.1, 0.15) is 13.3 Å². The van der Waals surface area contributed by atoms with Gasteiger partial charge in [-0.15, -0.1) is 0 Å². The van der Waals surface area contributed by atoms with E-state index in [0.29, 0.717) is 6.16 Å². The van der Waals surface area contributed by atoms with E-state index in [0.717, 1.165) is 6.42 Å². The summed E-state index contributed by atoms with van der Waals surface area (Å²) in [7, 11) is -2.10. The normalized spacial score (nSPS) is 8.50. The van der Waals surface area contributed by atoms with Gasteiger partial charge in [0.25, 0.3) is 0 Å². The summed E-state index contributed by atoms with van der Waals surface area (Å²) in [6.07, 6.45) is 1.06. The van der Waals surface area contributed by atoms with E-state index in [1.54, 1.807) is 0 Å². The van der Waals surface area contributed by atoms with Crippen molar-refractivity contribution in [2.45, 2.75) is 13.3 Å². The van der Waals surface area contributed by atoms with Crippen LogP contribution in [0.15, 0.2) is 0 Å². The van der Waals surface area contributed by atoms with E-state index in [1.165, 1.54) is 0 Å². The van der Waals surface area contributed by atoms with Gasteiger partial charge in [-0.1, -0.05) is 11.5 Å². The fourth-order valence-corrected chi connectivity index (χ4v) is 0.548. The fraction of sp³-hybridized carbons (Fsp3) is 0.750. The minimum Gasteiger partial charge on any atom is -0.596 e. The van der Waals surface area contributed by atoms with Crippen molar-refractivity contribution in [3.05, 3.63) is 7.43 Å². The quantitative estimate of drug-likeness (QED) is 0.366. The average molecular weight is 186 g/mol. The van der Waals surface area contributed by atoms with E-state index in [2.05, 4.69) is 0 Å². The zero-order valence-electron chi connectivity index (χ0n) is 5.39. The maximum absolute atomic E-state index is 9.64. The Morgan fingerprint density at radius 1 is 1.62 bits per heavy atom. The molecule has 0 aromatic rings. The van der Waals surface area contributed by atoms with Gasteiger partial charge in [0.05, 0.1) is 0 Å². The Morgan fingerprint density at radius 3 is 2.00 bits per heavy atom. The third-order valence-corrected chi connectivity index (χ3v) is 1.22. The van der Waals surface area contributed by atoms with Crippen LogP contribution >= 0.6 is 8.03 Å². The van der Waals surface area contributed by atoms with Gasteiger partial charge in [0.15, 0.2) is 0 Å². The molecule has 1 unspecified atom stereocenters. The molecule has 0 bridgehead atoms. The van der Waals surface area contributed by atoms with Gasteiger partial charge < -0.3 is 12.3 Å². The van der Waals surface area contributed by atoms with E-state index in [9.17, 15) is 9.46 Å². The molecule has 0 aliphatic carbocycles. The molecule has 0 spiro atoms. The summed E-state index contributed by atoms with van der Waals surface area (Å²) < 4.78 is 9.64. The Hall–Kier alpha value is 0.683. The molecule has 0 fully saturated rings. The molecule has 44 valence electrons. The van der Waals surface area contributed by atoms with E-state index in [1.807, 2.05) is 6.92 Å². The summed E-state index contributed by atoms with van der Waals surface area (Å²) in [6, 6.07) is 0. The summed E-state index contributed by atoms with van der Waals surface area (Å²) in [6.45, 7) is 1.84. The van der Waals surface area contributed by atoms with Crippen LogP contribution in [0.25, 0.3) is 0 Å². The van der Waals surface area contributed by atoms with Gasteiger partial charge in [0.1, 0.15) is 6.16 Å². The van der Waals surface area contributed by atoms with Crippen LogP contribution in [-0.4, -0.2) is 6.16 Å². The topological polar surface area (TPSA) is 40.1 Å². The van der Waals surface area contributed by atoms with Gasteiger partial charge in [-0.25, -0.2) is 0 Å². The second-order valence-electron chi connectivity index (χ2n) is 1.06. The maximum atomic E-state index is 9.64. The van der Waals surface area contributed by atoms with Gasteiger partial charge >= 0.3 is 27.5 Å². The van der Waals surface area contributed by atoms with E-state index < -0.39 is 8.03 Å². The molecule has 0 amide bonds. The first-order valence-corrected chi connectivity index (χ1v) is 3.25. The second-order valence-corrected chi connectivity index (χ2v) is 2.17. The average Bonchev–Trinajstić information content (AvgIpc) is 1.35. The van der Waals surface area contributed by atoms with Crippen LogP contribution in [0.4, 0.5) is 0 Å². The third kappa shape index (κ3) is 15.9. The van der Waals surface area contributed by atoms with Crippen molar-refractivity contribution in [1.29, 1.82) is 0 Å². The molecule has 4 heteroatoms. The molecule has 0 heterocycles. The molecule has 0 aliphatic heterocycles. The Labute approximate surface area is 64.3 Å². The van der Waals surface area contributed by atoms with Gasteiger partial charge in [0.2, 0.25) is 0 Å². The van der Waals surface area contributed by atoms with Crippen molar-refractivity contribution >= 4 is 8.03 Å². The molecule has 0 N–H and O–H groups in total. The molecule has 8 heavy (non-hydrogen) atoms. The summed E-state index contributed by atoms with van der Waals surface area (Å²) in [5, 5.41) is 0. The molecular weight excluding hydrogens is 176 g/mol. The van der Waals surface area contributed by atoms with Crippen LogP contribution in [0.2, 0.25) is 0 Å². The SMILES string of the molecule is CCC[P+](=O)[O-].[CH3-].[Zn+2]. The standard InChI is InChI=1S/C3H7O2P.CH3.Zn/c1-2-3-6(4)5;;/h2-3H2,1H3;1H3;/q;-1;+2. The number of hydrogen-bond acceptors (Lipinski definition) is 2. The van der Waals surface area contributed by atoms with Crippen molar-refractivity contribution in [2.24, 2.45) is 0 Å². The smallest absolute Gasteiger partial charge is 0.596 e. The Kier molecular flexibility index (Phi) is 21.1. The molecule has 0 saturated heterocycles. The molecule has 0 radical (unpaired) electrons. The molecule has 0 rings (SSSR count). The monoisotopic (exact) mass is 185 g/mol. The van der Waals surface area contributed by atoms with Crippen LogP contribution in [0.3, 0.4) is 0 Å². The number of rotatable bonds is 2. The van der Waals surface area contributed by atoms with Crippen LogP contribution < -0.4 is 4.89 Å². The minimum atomic E-state index is -2.10. The molecule has 0 aromatic heterocycles. The maximum Gasteiger partial charge on any atom is 2.00 e. The summed E-state index contributed by atoms with van der Waals surface area (Å²) in [5.74, 6) is 0. The number of hydrogen-bond donors (Lipinski definition) is 0. The third-order valence-electron chi connectivity index (χ3n) is 0.406. The first-order chi connectivity index (χ1) is 2.77. The molecule has 1 atom stereocenters. The predicted octanol–water partition coefficient (Wildman–Crippen LogP) is 0.947. The summed E-state index contributed by atoms with van der Waals surface area (Å²) >= 11 is 0.